The number of likely N-dealkylation sites (tertiary alicyclic amines) is 1. The molecule has 0 bridgehead atoms. The largest absolute Gasteiger partial charge is 0.444 e. The van der Waals surface area contributed by atoms with Crippen LogP contribution in [0.1, 0.15) is 66.1 Å². The highest BCUT2D eigenvalue weighted by atomic mass is 16.6. The molecule has 4 aromatic rings. The summed E-state index contributed by atoms with van der Waals surface area (Å²) >= 11 is 0. The Hall–Kier alpha value is -4.40. The minimum absolute atomic E-state index is 0.0970. The van der Waals surface area contributed by atoms with Gasteiger partial charge >= 0.3 is 12.2 Å². The monoisotopic (exact) mass is 569 g/mol. The van der Waals surface area contributed by atoms with Crippen molar-refractivity contribution in [3.05, 3.63) is 72.7 Å². The molecule has 2 aromatic carbocycles. The fourth-order valence-corrected chi connectivity index (χ4v) is 4.94. The van der Waals surface area contributed by atoms with E-state index in [1.54, 1.807) is 11.1 Å². The maximum Gasteiger partial charge on any atom is 0.418 e. The van der Waals surface area contributed by atoms with Crippen LogP contribution in [0.5, 0.6) is 0 Å². The van der Waals surface area contributed by atoms with Crippen molar-refractivity contribution in [2.24, 2.45) is 0 Å². The van der Waals surface area contributed by atoms with E-state index in [0.717, 1.165) is 46.5 Å². The fourth-order valence-electron chi connectivity index (χ4n) is 4.94. The van der Waals surface area contributed by atoms with Crippen LogP contribution in [0, 0.1) is 0 Å². The first-order chi connectivity index (χ1) is 19.8. The van der Waals surface area contributed by atoms with Crippen molar-refractivity contribution in [2.45, 2.75) is 71.5 Å². The molecule has 3 heterocycles. The van der Waals surface area contributed by atoms with Crippen LogP contribution in [0.3, 0.4) is 0 Å². The highest BCUT2D eigenvalue weighted by molar-refractivity contribution is 5.92. The number of fused-ring (bicyclic) bond motifs is 1. The molecule has 1 aliphatic rings. The molecule has 5 rings (SSSR count). The van der Waals surface area contributed by atoms with Gasteiger partial charge in [0.2, 0.25) is 0 Å². The molecule has 1 N–H and O–H groups in total. The van der Waals surface area contributed by atoms with Gasteiger partial charge in [0.05, 0.1) is 11.2 Å². The van der Waals surface area contributed by atoms with Crippen molar-refractivity contribution in [1.82, 2.24) is 19.4 Å². The van der Waals surface area contributed by atoms with Gasteiger partial charge in [-0.05, 0) is 72.6 Å². The zero-order chi connectivity index (χ0) is 30.1. The van der Waals surface area contributed by atoms with Gasteiger partial charge in [0, 0.05) is 47.9 Å². The van der Waals surface area contributed by atoms with Crippen LogP contribution in [0.4, 0.5) is 21.1 Å². The molecule has 0 radical (unpaired) electrons. The van der Waals surface area contributed by atoms with Crippen molar-refractivity contribution in [1.29, 1.82) is 0 Å². The lowest BCUT2D eigenvalue weighted by Crippen LogP contribution is -2.41. The van der Waals surface area contributed by atoms with E-state index in [1.807, 2.05) is 102 Å². The second-order valence-electron chi connectivity index (χ2n) is 12.7. The Kier molecular flexibility index (Phi) is 7.95. The highest BCUT2D eigenvalue weighted by Gasteiger charge is 2.29. The molecule has 0 atom stereocenters. The minimum atomic E-state index is -0.599. The molecule has 1 amide bonds. The van der Waals surface area contributed by atoms with Gasteiger partial charge in [0.1, 0.15) is 22.8 Å². The summed E-state index contributed by atoms with van der Waals surface area (Å²) in [7, 11) is 0. The van der Waals surface area contributed by atoms with Gasteiger partial charge in [0.25, 0.3) is 0 Å². The van der Waals surface area contributed by atoms with Crippen LogP contribution in [0.15, 0.2) is 66.9 Å². The van der Waals surface area contributed by atoms with Gasteiger partial charge in [-0.25, -0.2) is 19.6 Å². The molecule has 220 valence electrons. The third kappa shape index (κ3) is 7.08. The fraction of sp³-hybridized carbons (Fsp3) is 0.394. The topological polar surface area (TPSA) is 98.6 Å². The Bertz CT molecular complexity index is 1580. The summed E-state index contributed by atoms with van der Waals surface area (Å²) in [6.07, 6.45) is 2.50. The molecule has 1 aliphatic heterocycles. The summed E-state index contributed by atoms with van der Waals surface area (Å²) in [6.45, 7) is 12.3. The Morgan fingerprint density at radius 1 is 0.833 bits per heavy atom. The zero-order valence-electron chi connectivity index (χ0n) is 25.2. The average Bonchev–Trinajstić information content (AvgIpc) is 3.35. The van der Waals surface area contributed by atoms with Crippen LogP contribution in [-0.4, -0.2) is 55.9 Å². The van der Waals surface area contributed by atoms with Crippen molar-refractivity contribution in [3.63, 3.8) is 0 Å². The number of nitrogens with zero attached hydrogens (tertiary/aromatic N) is 4. The van der Waals surface area contributed by atoms with Crippen molar-refractivity contribution in [2.75, 3.05) is 18.4 Å². The molecule has 0 saturated carbocycles. The van der Waals surface area contributed by atoms with E-state index in [2.05, 4.69) is 5.32 Å². The van der Waals surface area contributed by atoms with Gasteiger partial charge < -0.3 is 19.7 Å². The van der Waals surface area contributed by atoms with Crippen LogP contribution in [0.25, 0.3) is 22.2 Å². The second kappa shape index (κ2) is 11.5. The van der Waals surface area contributed by atoms with Gasteiger partial charge in [-0.15, -0.1) is 0 Å². The lowest BCUT2D eigenvalue weighted by Gasteiger charge is -2.33. The Balaban J connectivity index is 1.41. The molecule has 1 saturated heterocycles. The van der Waals surface area contributed by atoms with Crippen LogP contribution in [0.2, 0.25) is 0 Å². The van der Waals surface area contributed by atoms with Gasteiger partial charge in [-0.3, -0.25) is 4.57 Å². The number of nitrogens with one attached hydrogen (secondary N) is 1. The number of piperidine rings is 1. The van der Waals surface area contributed by atoms with Crippen LogP contribution >= 0.6 is 0 Å². The SMILES string of the molecule is CC(C)(C)OC(=O)N1CCC(c2nc(Nc3ccc4ccn(C(=O)OC(C)(C)C)c4c3)cc(-c3ccccc3)n2)CC1. The van der Waals surface area contributed by atoms with E-state index in [4.69, 9.17) is 19.4 Å². The molecule has 42 heavy (non-hydrogen) atoms. The van der Waals surface area contributed by atoms with Crippen molar-refractivity contribution in [3.8, 4) is 11.3 Å². The Morgan fingerprint density at radius 3 is 2.17 bits per heavy atom. The number of amides is 1. The number of ether oxygens (including phenoxy) is 2. The maximum atomic E-state index is 12.8. The first-order valence-corrected chi connectivity index (χ1v) is 14.4. The van der Waals surface area contributed by atoms with E-state index < -0.39 is 17.3 Å². The molecule has 9 nitrogen and oxygen atoms in total. The zero-order valence-corrected chi connectivity index (χ0v) is 25.2. The average molecular weight is 570 g/mol. The Morgan fingerprint density at radius 2 is 1.50 bits per heavy atom. The predicted molar refractivity (Wildman–Crippen MR) is 164 cm³/mol. The number of benzene rings is 2. The number of carbonyl (C=O) groups is 2. The lowest BCUT2D eigenvalue weighted by atomic mass is 9.96. The molecular formula is C33H39N5O4. The first kappa shape index (κ1) is 29.1. The molecule has 1 fully saturated rings. The quantitative estimate of drug-likeness (QED) is 0.268. The lowest BCUT2D eigenvalue weighted by molar-refractivity contribution is 0.0202. The number of aromatic nitrogens is 3. The molecular weight excluding hydrogens is 530 g/mol. The number of anilines is 2. The molecule has 9 heteroatoms. The third-order valence-corrected chi connectivity index (χ3v) is 6.88. The minimum Gasteiger partial charge on any atom is -0.444 e. The smallest absolute Gasteiger partial charge is 0.418 e. The van der Waals surface area contributed by atoms with E-state index in [1.165, 1.54) is 4.57 Å². The normalized spacial score (nSPS) is 14.6. The van der Waals surface area contributed by atoms with Crippen LogP contribution in [-0.2, 0) is 9.47 Å². The second-order valence-corrected chi connectivity index (χ2v) is 12.7. The van der Waals surface area contributed by atoms with E-state index >= 15 is 0 Å². The molecule has 0 aliphatic carbocycles. The predicted octanol–water partition coefficient (Wildman–Crippen LogP) is 7.74. The molecule has 0 unspecified atom stereocenters. The summed E-state index contributed by atoms with van der Waals surface area (Å²) in [6, 6.07) is 19.7. The molecule has 0 spiro atoms. The van der Waals surface area contributed by atoms with E-state index in [0.29, 0.717) is 18.9 Å². The first-order valence-electron chi connectivity index (χ1n) is 14.4. The highest BCUT2D eigenvalue weighted by Crippen LogP contribution is 2.31. The van der Waals surface area contributed by atoms with Gasteiger partial charge in [0.15, 0.2) is 0 Å². The van der Waals surface area contributed by atoms with Gasteiger partial charge in [-0.1, -0.05) is 36.4 Å². The number of rotatable bonds is 4. The van der Waals surface area contributed by atoms with Gasteiger partial charge in [-0.2, -0.15) is 0 Å². The van der Waals surface area contributed by atoms with Crippen LogP contribution < -0.4 is 5.32 Å². The summed E-state index contributed by atoms with van der Waals surface area (Å²) < 4.78 is 12.7. The summed E-state index contributed by atoms with van der Waals surface area (Å²) in [4.78, 5) is 37.1. The molecule has 2 aromatic heterocycles. The Labute approximate surface area is 246 Å². The number of hydrogen-bond acceptors (Lipinski definition) is 7. The number of hydrogen-bond donors (Lipinski definition) is 1. The maximum absolute atomic E-state index is 12.8. The third-order valence-electron chi connectivity index (χ3n) is 6.88. The van der Waals surface area contributed by atoms with Crippen molar-refractivity contribution >= 4 is 34.6 Å². The summed E-state index contributed by atoms with van der Waals surface area (Å²) in [5.74, 6) is 1.49. The van der Waals surface area contributed by atoms with E-state index in [9.17, 15) is 9.59 Å². The summed E-state index contributed by atoms with van der Waals surface area (Å²) in [5.41, 5.74) is 2.20. The number of carbonyl (C=O) groups excluding carboxylic acids is 2. The summed E-state index contributed by atoms with van der Waals surface area (Å²) in [5, 5.41) is 4.37. The standard InChI is InChI=1S/C33H39N5O4/c1-32(2,3)41-30(39)37-17-14-24(15-18-37)29-35-26(22-10-8-7-9-11-22)21-28(36-29)34-25-13-12-23-16-19-38(27(23)20-25)31(40)42-33(4,5)6/h7-13,16,19-21,24H,14-15,17-18H2,1-6H3,(H,34,35,36). The van der Waals surface area contributed by atoms with E-state index in [-0.39, 0.29) is 12.0 Å². The van der Waals surface area contributed by atoms with Crippen molar-refractivity contribution < 1.29 is 19.1 Å².